The Bertz CT molecular complexity index is 631. The van der Waals surface area contributed by atoms with Crippen molar-refractivity contribution >= 4 is 11.8 Å². The van der Waals surface area contributed by atoms with E-state index in [1.54, 1.807) is 4.68 Å². The van der Waals surface area contributed by atoms with Crippen LogP contribution < -0.4 is 0 Å². The van der Waals surface area contributed by atoms with Crippen molar-refractivity contribution < 1.29 is 14.3 Å². The number of carbonyl (C=O) groups excluding carboxylic acids is 2. The fourth-order valence-electron chi connectivity index (χ4n) is 1.73. The fraction of sp³-hybridized carbons (Fsp3) is 0.462. The van der Waals surface area contributed by atoms with Crippen LogP contribution in [0.2, 0.25) is 0 Å². The SMILES string of the molecule is CCCCn1nnnc1COC(=O)c1cc(C(C)=O)c[nH]1. The van der Waals surface area contributed by atoms with Gasteiger partial charge in [-0.3, -0.25) is 4.79 Å². The van der Waals surface area contributed by atoms with Gasteiger partial charge in [0.05, 0.1) is 0 Å². The number of aryl methyl sites for hydroxylation is 1. The first-order chi connectivity index (χ1) is 10.1. The Hall–Kier alpha value is -2.51. The molecule has 0 atom stereocenters. The number of aromatic nitrogens is 5. The van der Waals surface area contributed by atoms with Gasteiger partial charge in [0.2, 0.25) is 0 Å². The van der Waals surface area contributed by atoms with Crippen molar-refractivity contribution in [3.63, 3.8) is 0 Å². The highest BCUT2D eigenvalue weighted by Crippen LogP contribution is 2.07. The van der Waals surface area contributed by atoms with Gasteiger partial charge in [-0.2, -0.15) is 0 Å². The first-order valence-corrected chi connectivity index (χ1v) is 6.73. The van der Waals surface area contributed by atoms with E-state index in [0.717, 1.165) is 12.8 Å². The first kappa shape index (κ1) is 14.9. The van der Waals surface area contributed by atoms with E-state index in [4.69, 9.17) is 4.74 Å². The fourth-order valence-corrected chi connectivity index (χ4v) is 1.73. The van der Waals surface area contributed by atoms with Crippen molar-refractivity contribution in [2.75, 3.05) is 0 Å². The van der Waals surface area contributed by atoms with Crippen LogP contribution in [-0.2, 0) is 17.9 Å². The van der Waals surface area contributed by atoms with Crippen LogP contribution in [0.5, 0.6) is 0 Å². The molecule has 1 N–H and O–H groups in total. The van der Waals surface area contributed by atoms with Gasteiger partial charge in [0, 0.05) is 18.3 Å². The van der Waals surface area contributed by atoms with Crippen LogP contribution >= 0.6 is 0 Å². The molecular weight excluding hydrogens is 274 g/mol. The lowest BCUT2D eigenvalue weighted by molar-refractivity contribution is 0.0450. The number of hydrogen-bond acceptors (Lipinski definition) is 6. The highest BCUT2D eigenvalue weighted by atomic mass is 16.5. The number of nitrogens with zero attached hydrogens (tertiary/aromatic N) is 4. The molecule has 0 aliphatic rings. The number of rotatable bonds is 7. The molecule has 0 fully saturated rings. The largest absolute Gasteiger partial charge is 0.453 e. The number of carbonyl (C=O) groups is 2. The van der Waals surface area contributed by atoms with Crippen molar-refractivity contribution in [2.45, 2.75) is 39.8 Å². The van der Waals surface area contributed by atoms with Crippen LogP contribution in [0.1, 0.15) is 53.4 Å². The number of aromatic amines is 1. The highest BCUT2D eigenvalue weighted by Gasteiger charge is 2.14. The number of unbranched alkanes of at least 4 members (excludes halogenated alkanes) is 1. The van der Waals surface area contributed by atoms with Gasteiger partial charge in [-0.25, -0.2) is 9.48 Å². The molecule has 2 rings (SSSR count). The number of hydrogen-bond donors (Lipinski definition) is 1. The number of H-pyrrole nitrogens is 1. The maximum Gasteiger partial charge on any atom is 0.355 e. The summed E-state index contributed by atoms with van der Waals surface area (Å²) in [7, 11) is 0. The average molecular weight is 291 g/mol. The Morgan fingerprint density at radius 2 is 2.24 bits per heavy atom. The topological polar surface area (TPSA) is 103 Å². The Kier molecular flexibility index (Phi) is 4.81. The van der Waals surface area contributed by atoms with Gasteiger partial charge in [0.15, 0.2) is 18.2 Å². The zero-order valence-electron chi connectivity index (χ0n) is 12.0. The molecule has 0 spiro atoms. The minimum absolute atomic E-state index is 0.00995. The lowest BCUT2D eigenvalue weighted by Gasteiger charge is -2.04. The van der Waals surface area contributed by atoms with Crippen LogP contribution in [0.4, 0.5) is 0 Å². The standard InChI is InChI=1S/C13H17N5O3/c1-3-4-5-18-12(15-16-17-18)8-21-13(20)11-6-10(7-14-11)9(2)19/h6-7,14H,3-5,8H2,1-2H3. The van der Waals surface area contributed by atoms with Crippen LogP contribution in [0, 0.1) is 0 Å². The van der Waals surface area contributed by atoms with Crippen LogP contribution in [0.3, 0.4) is 0 Å². The highest BCUT2D eigenvalue weighted by molar-refractivity contribution is 5.97. The summed E-state index contributed by atoms with van der Waals surface area (Å²) in [6, 6.07) is 1.46. The minimum atomic E-state index is -0.549. The summed E-state index contributed by atoms with van der Waals surface area (Å²) in [6.07, 6.45) is 3.45. The predicted octanol–water partition coefficient (Wildman–Crippen LogP) is 1.36. The summed E-state index contributed by atoms with van der Waals surface area (Å²) < 4.78 is 6.76. The van der Waals surface area contributed by atoms with E-state index >= 15 is 0 Å². The van der Waals surface area contributed by atoms with E-state index in [0.29, 0.717) is 17.9 Å². The third kappa shape index (κ3) is 3.74. The van der Waals surface area contributed by atoms with Gasteiger partial charge in [0.25, 0.3) is 0 Å². The number of ketones is 1. The van der Waals surface area contributed by atoms with E-state index in [9.17, 15) is 9.59 Å². The van der Waals surface area contributed by atoms with Crippen molar-refractivity contribution in [1.29, 1.82) is 0 Å². The molecule has 0 bridgehead atoms. The molecule has 2 aromatic rings. The lowest BCUT2D eigenvalue weighted by atomic mass is 10.2. The second-order valence-electron chi connectivity index (χ2n) is 4.61. The van der Waals surface area contributed by atoms with Gasteiger partial charge >= 0.3 is 5.97 Å². The van der Waals surface area contributed by atoms with E-state index in [-0.39, 0.29) is 18.1 Å². The van der Waals surface area contributed by atoms with Gasteiger partial charge in [-0.1, -0.05) is 13.3 Å². The van der Waals surface area contributed by atoms with Gasteiger partial charge in [-0.05, 0) is 29.8 Å². The molecule has 0 radical (unpaired) electrons. The molecule has 0 saturated carbocycles. The molecule has 0 aliphatic heterocycles. The minimum Gasteiger partial charge on any atom is -0.453 e. The molecule has 2 aromatic heterocycles. The van der Waals surface area contributed by atoms with Crippen LogP contribution in [-0.4, -0.2) is 36.9 Å². The summed E-state index contributed by atoms with van der Waals surface area (Å²) in [5, 5.41) is 11.2. The summed E-state index contributed by atoms with van der Waals surface area (Å²) in [5.74, 6) is -0.170. The van der Waals surface area contributed by atoms with Gasteiger partial charge in [0.1, 0.15) is 5.69 Å². The Morgan fingerprint density at radius 3 is 2.90 bits per heavy atom. The molecule has 112 valence electrons. The monoisotopic (exact) mass is 291 g/mol. The molecule has 8 heteroatoms. The molecule has 0 amide bonds. The molecule has 0 aromatic carbocycles. The number of ether oxygens (including phenoxy) is 1. The second kappa shape index (κ2) is 6.78. The zero-order chi connectivity index (χ0) is 15.2. The molecule has 2 heterocycles. The van der Waals surface area contributed by atoms with Crippen molar-refractivity contribution in [3.8, 4) is 0 Å². The van der Waals surface area contributed by atoms with E-state index in [1.807, 2.05) is 0 Å². The number of Topliss-reactive ketones (excluding diaryl/α,β-unsaturated/α-hetero) is 1. The molecule has 21 heavy (non-hydrogen) atoms. The van der Waals surface area contributed by atoms with Crippen LogP contribution in [0.15, 0.2) is 12.3 Å². The van der Waals surface area contributed by atoms with Crippen molar-refractivity contribution in [1.82, 2.24) is 25.2 Å². The third-order valence-electron chi connectivity index (χ3n) is 2.97. The normalized spacial score (nSPS) is 10.6. The number of tetrazole rings is 1. The number of esters is 1. The lowest BCUT2D eigenvalue weighted by Crippen LogP contribution is -2.11. The van der Waals surface area contributed by atoms with Gasteiger partial charge in [-0.15, -0.1) is 5.10 Å². The van der Waals surface area contributed by atoms with E-state index < -0.39 is 5.97 Å². The molecule has 0 saturated heterocycles. The zero-order valence-corrected chi connectivity index (χ0v) is 12.0. The predicted molar refractivity (Wildman–Crippen MR) is 72.6 cm³/mol. The van der Waals surface area contributed by atoms with Crippen molar-refractivity contribution in [2.24, 2.45) is 0 Å². The molecule has 8 nitrogen and oxygen atoms in total. The quantitative estimate of drug-likeness (QED) is 0.610. The Balaban J connectivity index is 1.94. The smallest absolute Gasteiger partial charge is 0.355 e. The Morgan fingerprint density at radius 1 is 1.43 bits per heavy atom. The summed E-state index contributed by atoms with van der Waals surface area (Å²) in [4.78, 5) is 25.7. The maximum atomic E-state index is 11.9. The third-order valence-corrected chi connectivity index (χ3v) is 2.97. The number of nitrogens with one attached hydrogen (secondary N) is 1. The van der Waals surface area contributed by atoms with Crippen LogP contribution in [0.25, 0.3) is 0 Å². The van der Waals surface area contributed by atoms with Crippen molar-refractivity contribution in [3.05, 3.63) is 29.3 Å². The average Bonchev–Trinajstić information content (AvgIpc) is 3.11. The Labute approximate surface area is 121 Å². The summed E-state index contributed by atoms with van der Waals surface area (Å²) >= 11 is 0. The first-order valence-electron chi connectivity index (χ1n) is 6.73. The molecular formula is C13H17N5O3. The molecule has 0 aliphatic carbocycles. The maximum absolute atomic E-state index is 11.9. The van der Waals surface area contributed by atoms with E-state index in [2.05, 4.69) is 27.4 Å². The second-order valence-corrected chi connectivity index (χ2v) is 4.61. The molecule has 0 unspecified atom stereocenters. The van der Waals surface area contributed by atoms with E-state index in [1.165, 1.54) is 19.2 Å². The summed E-state index contributed by atoms with van der Waals surface area (Å²) in [5.41, 5.74) is 0.669. The summed E-state index contributed by atoms with van der Waals surface area (Å²) in [6.45, 7) is 4.18. The van der Waals surface area contributed by atoms with Gasteiger partial charge < -0.3 is 9.72 Å².